The van der Waals surface area contributed by atoms with Crippen LogP contribution >= 0.6 is 15.9 Å². The topological polar surface area (TPSA) is 26.3 Å². The molecule has 92 valence electrons. The molecule has 0 aliphatic heterocycles. The second kappa shape index (κ2) is 5.31. The molecule has 0 aliphatic carbocycles. The van der Waals surface area contributed by atoms with E-state index in [9.17, 15) is 9.18 Å². The molecule has 18 heavy (non-hydrogen) atoms. The number of ketones is 1. The summed E-state index contributed by atoms with van der Waals surface area (Å²) in [6, 6.07) is 11.1. The van der Waals surface area contributed by atoms with Crippen molar-refractivity contribution in [2.75, 3.05) is 0 Å². The fourth-order valence-electron chi connectivity index (χ4n) is 1.50. The van der Waals surface area contributed by atoms with Crippen molar-refractivity contribution in [3.8, 4) is 11.5 Å². The predicted octanol–water partition coefficient (Wildman–Crippen LogP) is 4.58. The summed E-state index contributed by atoms with van der Waals surface area (Å²) in [6.07, 6.45) is 0. The van der Waals surface area contributed by atoms with Gasteiger partial charge in [0.1, 0.15) is 17.3 Å². The van der Waals surface area contributed by atoms with Crippen LogP contribution < -0.4 is 4.74 Å². The van der Waals surface area contributed by atoms with Gasteiger partial charge in [0.2, 0.25) is 0 Å². The molecule has 0 aromatic heterocycles. The largest absolute Gasteiger partial charge is 0.457 e. The highest BCUT2D eigenvalue weighted by Gasteiger charge is 2.04. The van der Waals surface area contributed by atoms with Gasteiger partial charge in [-0.05, 0) is 31.2 Å². The maximum Gasteiger partial charge on any atom is 0.159 e. The Balaban J connectivity index is 2.28. The van der Waals surface area contributed by atoms with Crippen molar-refractivity contribution in [2.24, 2.45) is 0 Å². The molecular weight excluding hydrogens is 299 g/mol. The van der Waals surface area contributed by atoms with E-state index >= 15 is 0 Å². The average Bonchev–Trinajstić information content (AvgIpc) is 2.27. The molecule has 0 aliphatic rings. The second-order valence-corrected chi connectivity index (χ2v) is 4.71. The third kappa shape index (κ3) is 3.17. The number of halogens is 2. The van der Waals surface area contributed by atoms with Crippen LogP contribution in [0.25, 0.3) is 0 Å². The molecule has 0 radical (unpaired) electrons. The standard InChI is InChI=1S/C14H10BrFO2/c1-9(17)10-3-2-4-13(5-10)18-14-7-11(15)6-12(16)8-14/h2-8H,1H3. The Morgan fingerprint density at radius 2 is 1.94 bits per heavy atom. The van der Waals surface area contributed by atoms with E-state index in [0.717, 1.165) is 0 Å². The molecule has 2 nitrogen and oxygen atoms in total. The summed E-state index contributed by atoms with van der Waals surface area (Å²) in [7, 11) is 0. The molecule has 0 heterocycles. The van der Waals surface area contributed by atoms with Gasteiger partial charge in [0.05, 0.1) is 0 Å². The minimum atomic E-state index is -0.387. The molecule has 0 bridgehead atoms. The lowest BCUT2D eigenvalue weighted by Gasteiger charge is -2.07. The van der Waals surface area contributed by atoms with Crippen molar-refractivity contribution in [2.45, 2.75) is 6.92 Å². The maximum atomic E-state index is 13.2. The average molecular weight is 309 g/mol. The lowest BCUT2D eigenvalue weighted by Crippen LogP contribution is -1.92. The van der Waals surface area contributed by atoms with Gasteiger partial charge >= 0.3 is 0 Å². The molecule has 0 N–H and O–H groups in total. The van der Waals surface area contributed by atoms with Crippen LogP contribution in [0.2, 0.25) is 0 Å². The Morgan fingerprint density at radius 3 is 2.61 bits per heavy atom. The first-order chi connectivity index (χ1) is 8.54. The van der Waals surface area contributed by atoms with Crippen LogP contribution in [0, 0.1) is 5.82 Å². The zero-order chi connectivity index (χ0) is 13.1. The molecule has 0 spiro atoms. The molecule has 0 unspecified atom stereocenters. The number of ether oxygens (including phenoxy) is 1. The van der Waals surface area contributed by atoms with Crippen molar-refractivity contribution in [1.82, 2.24) is 0 Å². The Kier molecular flexibility index (Phi) is 3.77. The van der Waals surface area contributed by atoms with Gasteiger partial charge in [-0.2, -0.15) is 0 Å². The van der Waals surface area contributed by atoms with Gasteiger partial charge in [-0.15, -0.1) is 0 Å². The van der Waals surface area contributed by atoms with Crippen LogP contribution in [0.1, 0.15) is 17.3 Å². The first kappa shape index (κ1) is 12.8. The molecule has 0 saturated heterocycles. The Bertz CT molecular complexity index is 576. The summed E-state index contributed by atoms with van der Waals surface area (Å²) in [5.74, 6) is 0.450. The number of rotatable bonds is 3. The van der Waals surface area contributed by atoms with E-state index in [1.165, 1.54) is 19.1 Å². The maximum absolute atomic E-state index is 13.2. The van der Waals surface area contributed by atoms with E-state index < -0.39 is 0 Å². The molecule has 2 aromatic carbocycles. The van der Waals surface area contributed by atoms with E-state index in [1.807, 2.05) is 0 Å². The van der Waals surface area contributed by atoms with Gasteiger partial charge in [0, 0.05) is 16.1 Å². The number of hydrogen-bond acceptors (Lipinski definition) is 2. The molecule has 0 amide bonds. The Labute approximate surface area is 113 Å². The first-order valence-electron chi connectivity index (χ1n) is 5.29. The molecular formula is C14H10BrFO2. The van der Waals surface area contributed by atoms with E-state index in [-0.39, 0.29) is 11.6 Å². The van der Waals surface area contributed by atoms with E-state index in [2.05, 4.69) is 15.9 Å². The van der Waals surface area contributed by atoms with Crippen molar-refractivity contribution in [1.29, 1.82) is 0 Å². The van der Waals surface area contributed by atoms with Gasteiger partial charge in [-0.3, -0.25) is 4.79 Å². The highest BCUT2D eigenvalue weighted by molar-refractivity contribution is 9.10. The van der Waals surface area contributed by atoms with Crippen LogP contribution in [0.15, 0.2) is 46.9 Å². The van der Waals surface area contributed by atoms with Gasteiger partial charge in [-0.1, -0.05) is 28.1 Å². The van der Waals surface area contributed by atoms with Gasteiger partial charge in [0.25, 0.3) is 0 Å². The SMILES string of the molecule is CC(=O)c1cccc(Oc2cc(F)cc(Br)c2)c1. The van der Waals surface area contributed by atoms with Crippen molar-refractivity contribution >= 4 is 21.7 Å². The van der Waals surface area contributed by atoms with E-state index in [4.69, 9.17) is 4.74 Å². The Morgan fingerprint density at radius 1 is 1.17 bits per heavy atom. The van der Waals surface area contributed by atoms with Gasteiger partial charge < -0.3 is 4.74 Å². The summed E-state index contributed by atoms with van der Waals surface area (Å²) in [5.41, 5.74) is 0.558. The van der Waals surface area contributed by atoms with E-state index in [1.54, 1.807) is 30.3 Å². The quantitative estimate of drug-likeness (QED) is 0.776. The fourth-order valence-corrected chi connectivity index (χ4v) is 1.95. The minimum Gasteiger partial charge on any atom is -0.457 e. The van der Waals surface area contributed by atoms with Gasteiger partial charge in [-0.25, -0.2) is 4.39 Å². The second-order valence-electron chi connectivity index (χ2n) is 3.79. The summed E-state index contributed by atoms with van der Waals surface area (Å²) in [6.45, 7) is 1.48. The molecule has 2 rings (SSSR count). The number of Topliss-reactive ketones (excluding diaryl/α,β-unsaturated/α-hetero) is 1. The number of hydrogen-bond donors (Lipinski definition) is 0. The minimum absolute atomic E-state index is 0.0409. The van der Waals surface area contributed by atoms with Crippen LogP contribution in [0.5, 0.6) is 11.5 Å². The monoisotopic (exact) mass is 308 g/mol. The lowest BCUT2D eigenvalue weighted by atomic mass is 10.1. The van der Waals surface area contributed by atoms with Crippen LogP contribution in [-0.4, -0.2) is 5.78 Å². The third-order valence-corrected chi connectivity index (χ3v) is 2.77. The summed E-state index contributed by atoms with van der Waals surface area (Å²) < 4.78 is 19.3. The predicted molar refractivity (Wildman–Crippen MR) is 70.6 cm³/mol. The third-order valence-electron chi connectivity index (χ3n) is 2.31. The zero-order valence-electron chi connectivity index (χ0n) is 9.61. The molecule has 0 fully saturated rings. The number of carbonyl (C=O) groups excluding carboxylic acids is 1. The first-order valence-corrected chi connectivity index (χ1v) is 6.09. The molecule has 0 saturated carbocycles. The number of benzene rings is 2. The lowest BCUT2D eigenvalue weighted by molar-refractivity contribution is 0.101. The van der Waals surface area contributed by atoms with E-state index in [0.29, 0.717) is 21.5 Å². The van der Waals surface area contributed by atoms with Crippen LogP contribution in [0.4, 0.5) is 4.39 Å². The highest BCUT2D eigenvalue weighted by atomic mass is 79.9. The normalized spacial score (nSPS) is 10.2. The van der Waals surface area contributed by atoms with Crippen molar-refractivity contribution in [3.05, 3.63) is 58.3 Å². The van der Waals surface area contributed by atoms with Crippen molar-refractivity contribution in [3.63, 3.8) is 0 Å². The summed E-state index contributed by atoms with van der Waals surface area (Å²) in [4.78, 5) is 11.2. The highest BCUT2D eigenvalue weighted by Crippen LogP contribution is 2.26. The van der Waals surface area contributed by atoms with Gasteiger partial charge in [0.15, 0.2) is 5.78 Å². The Hall–Kier alpha value is -1.68. The molecule has 0 atom stereocenters. The number of carbonyl (C=O) groups is 1. The van der Waals surface area contributed by atoms with Crippen LogP contribution in [0.3, 0.4) is 0 Å². The molecule has 4 heteroatoms. The summed E-state index contributed by atoms with van der Waals surface area (Å²) in [5, 5.41) is 0. The zero-order valence-corrected chi connectivity index (χ0v) is 11.2. The molecule has 2 aromatic rings. The summed E-state index contributed by atoms with van der Waals surface area (Å²) >= 11 is 3.19. The van der Waals surface area contributed by atoms with Crippen molar-refractivity contribution < 1.29 is 13.9 Å². The smallest absolute Gasteiger partial charge is 0.159 e. The fraction of sp³-hybridized carbons (Fsp3) is 0.0714. The van der Waals surface area contributed by atoms with Crippen LogP contribution in [-0.2, 0) is 0 Å².